The Kier molecular flexibility index (Phi) is 8.01. The highest BCUT2D eigenvalue weighted by Crippen LogP contribution is 2.18. The van der Waals surface area contributed by atoms with Crippen LogP contribution in [-0.2, 0) is 6.42 Å². The highest BCUT2D eigenvalue weighted by atomic mass is 35.5. The van der Waals surface area contributed by atoms with Crippen LogP contribution in [0.5, 0.6) is 0 Å². The molecule has 1 aromatic rings. The number of hydrogen-bond donors (Lipinski definition) is 1. The smallest absolute Gasteiger partial charge is 0.0406 e. The molecule has 1 nitrogen and oxygen atoms in total. The Morgan fingerprint density at radius 1 is 1.20 bits per heavy atom. The molecule has 20 heavy (non-hydrogen) atoms. The fourth-order valence-corrected chi connectivity index (χ4v) is 2.99. The Labute approximate surface area is 133 Å². The minimum atomic E-state index is 0.191. The minimum Gasteiger partial charge on any atom is -0.312 e. The average molecular weight is 314 g/mol. The van der Waals surface area contributed by atoms with Crippen LogP contribution in [0.2, 0.25) is 5.02 Å². The zero-order valence-corrected chi connectivity index (χ0v) is 14.8. The molecule has 0 saturated heterocycles. The first-order valence-electron chi connectivity index (χ1n) is 7.48. The zero-order valence-electron chi connectivity index (χ0n) is 13.2. The summed E-state index contributed by atoms with van der Waals surface area (Å²) in [6.07, 6.45) is 2.40. The van der Waals surface area contributed by atoms with Gasteiger partial charge in [-0.25, -0.2) is 0 Å². The maximum atomic E-state index is 5.96. The van der Waals surface area contributed by atoms with Gasteiger partial charge in [0.1, 0.15) is 0 Å². The lowest BCUT2D eigenvalue weighted by Gasteiger charge is -2.25. The lowest BCUT2D eigenvalue weighted by atomic mass is 9.95. The van der Waals surface area contributed by atoms with Gasteiger partial charge in [-0.3, -0.25) is 0 Å². The van der Waals surface area contributed by atoms with Gasteiger partial charge in [0.25, 0.3) is 0 Å². The third-order valence-electron chi connectivity index (χ3n) is 3.23. The van der Waals surface area contributed by atoms with Gasteiger partial charge in [0.05, 0.1) is 0 Å². The standard InChI is InChI=1S/C17H28ClNS/c1-5-20-11-10-15(13-19-17(2,3)4)12-14-6-8-16(18)9-7-14/h6-9,15,19H,5,10-13H2,1-4H3. The van der Waals surface area contributed by atoms with E-state index in [0.717, 1.165) is 18.0 Å². The third-order valence-corrected chi connectivity index (χ3v) is 4.42. The number of halogens is 1. The second-order valence-electron chi connectivity index (χ2n) is 6.31. The van der Waals surface area contributed by atoms with Crippen LogP contribution in [0, 0.1) is 5.92 Å². The van der Waals surface area contributed by atoms with E-state index in [9.17, 15) is 0 Å². The van der Waals surface area contributed by atoms with Gasteiger partial charge in [-0.2, -0.15) is 11.8 Å². The number of hydrogen-bond acceptors (Lipinski definition) is 2. The highest BCUT2D eigenvalue weighted by Gasteiger charge is 2.14. The van der Waals surface area contributed by atoms with Crippen LogP contribution < -0.4 is 5.32 Å². The largest absolute Gasteiger partial charge is 0.312 e. The van der Waals surface area contributed by atoms with Crippen molar-refractivity contribution < 1.29 is 0 Å². The fraction of sp³-hybridized carbons (Fsp3) is 0.647. The SMILES string of the molecule is CCSCCC(CNC(C)(C)C)Cc1ccc(Cl)cc1. The van der Waals surface area contributed by atoms with E-state index in [1.807, 2.05) is 23.9 Å². The molecule has 3 heteroatoms. The molecular formula is C17H28ClNS. The van der Waals surface area contributed by atoms with Crippen LogP contribution in [0.15, 0.2) is 24.3 Å². The second-order valence-corrected chi connectivity index (χ2v) is 8.14. The summed E-state index contributed by atoms with van der Waals surface area (Å²) in [6.45, 7) is 10.00. The Morgan fingerprint density at radius 2 is 1.85 bits per heavy atom. The molecule has 0 fully saturated rings. The Morgan fingerprint density at radius 3 is 2.40 bits per heavy atom. The monoisotopic (exact) mass is 313 g/mol. The average Bonchev–Trinajstić information content (AvgIpc) is 2.37. The van der Waals surface area contributed by atoms with Crippen LogP contribution in [0.25, 0.3) is 0 Å². The molecule has 114 valence electrons. The molecule has 0 aromatic heterocycles. The van der Waals surface area contributed by atoms with Crippen LogP contribution in [-0.4, -0.2) is 23.6 Å². The van der Waals surface area contributed by atoms with E-state index < -0.39 is 0 Å². The third kappa shape index (κ3) is 8.18. The van der Waals surface area contributed by atoms with Crippen LogP contribution in [0.3, 0.4) is 0 Å². The number of thioether (sulfide) groups is 1. The van der Waals surface area contributed by atoms with Crippen molar-refractivity contribution in [3.05, 3.63) is 34.9 Å². The predicted octanol–water partition coefficient (Wildman–Crippen LogP) is 5.03. The first kappa shape index (κ1) is 17.9. The first-order valence-corrected chi connectivity index (χ1v) is 9.01. The van der Waals surface area contributed by atoms with E-state index in [1.54, 1.807) is 0 Å². The van der Waals surface area contributed by atoms with Crippen molar-refractivity contribution in [3.8, 4) is 0 Å². The number of benzene rings is 1. The Bertz CT molecular complexity index is 370. The van der Waals surface area contributed by atoms with Crippen LogP contribution in [0.1, 0.15) is 39.7 Å². The quantitative estimate of drug-likeness (QED) is 0.675. The van der Waals surface area contributed by atoms with Gasteiger partial charge < -0.3 is 5.32 Å². The molecule has 1 unspecified atom stereocenters. The lowest BCUT2D eigenvalue weighted by molar-refractivity contribution is 0.364. The van der Waals surface area contributed by atoms with Gasteiger partial charge in [0, 0.05) is 10.6 Å². The molecule has 0 radical (unpaired) electrons. The lowest BCUT2D eigenvalue weighted by Crippen LogP contribution is -2.39. The topological polar surface area (TPSA) is 12.0 Å². The fourth-order valence-electron chi connectivity index (χ4n) is 2.07. The van der Waals surface area contributed by atoms with Gasteiger partial charge in [-0.05, 0) is 75.3 Å². The maximum absolute atomic E-state index is 5.96. The zero-order chi connectivity index (χ0) is 15.0. The van der Waals surface area contributed by atoms with E-state index in [1.165, 1.54) is 23.5 Å². The first-order chi connectivity index (χ1) is 9.40. The summed E-state index contributed by atoms with van der Waals surface area (Å²) in [7, 11) is 0. The van der Waals surface area contributed by atoms with Crippen molar-refractivity contribution in [1.29, 1.82) is 0 Å². The second kappa shape index (κ2) is 8.96. The maximum Gasteiger partial charge on any atom is 0.0406 e. The van der Waals surface area contributed by atoms with Crippen molar-refractivity contribution >= 4 is 23.4 Å². The van der Waals surface area contributed by atoms with E-state index >= 15 is 0 Å². The summed E-state index contributed by atoms with van der Waals surface area (Å²) in [6, 6.07) is 8.29. The molecule has 0 aliphatic rings. The van der Waals surface area contributed by atoms with Crippen molar-refractivity contribution in [3.63, 3.8) is 0 Å². The summed E-state index contributed by atoms with van der Waals surface area (Å²) in [4.78, 5) is 0. The molecular weight excluding hydrogens is 286 g/mol. The molecule has 0 saturated carbocycles. The number of rotatable bonds is 8. The molecule has 1 N–H and O–H groups in total. The van der Waals surface area contributed by atoms with Crippen LogP contribution in [0.4, 0.5) is 0 Å². The normalized spacial score (nSPS) is 13.4. The van der Waals surface area contributed by atoms with Crippen LogP contribution >= 0.6 is 23.4 Å². The molecule has 1 rings (SSSR count). The molecule has 0 aliphatic heterocycles. The van der Waals surface area contributed by atoms with Crippen molar-refractivity contribution in [2.24, 2.45) is 5.92 Å². The number of nitrogens with one attached hydrogen (secondary N) is 1. The summed E-state index contributed by atoms with van der Waals surface area (Å²) in [5.74, 6) is 3.15. The Balaban J connectivity index is 2.54. The van der Waals surface area contributed by atoms with Crippen molar-refractivity contribution in [2.75, 3.05) is 18.1 Å². The molecule has 0 spiro atoms. The predicted molar refractivity (Wildman–Crippen MR) is 94.0 cm³/mol. The summed E-state index contributed by atoms with van der Waals surface area (Å²) < 4.78 is 0. The van der Waals surface area contributed by atoms with Gasteiger partial charge in [0.15, 0.2) is 0 Å². The summed E-state index contributed by atoms with van der Waals surface area (Å²) >= 11 is 7.99. The molecule has 1 aromatic carbocycles. The molecule has 0 aliphatic carbocycles. The van der Waals surface area contributed by atoms with Crippen molar-refractivity contribution in [2.45, 2.75) is 46.1 Å². The van der Waals surface area contributed by atoms with Gasteiger partial charge in [0.2, 0.25) is 0 Å². The van der Waals surface area contributed by atoms with E-state index in [0.29, 0.717) is 5.92 Å². The van der Waals surface area contributed by atoms with Gasteiger partial charge in [-0.1, -0.05) is 30.7 Å². The molecule has 0 amide bonds. The molecule has 0 heterocycles. The van der Waals surface area contributed by atoms with E-state index in [2.05, 4.69) is 45.1 Å². The molecule has 1 atom stereocenters. The highest BCUT2D eigenvalue weighted by molar-refractivity contribution is 7.99. The van der Waals surface area contributed by atoms with Crippen molar-refractivity contribution in [1.82, 2.24) is 5.32 Å². The summed E-state index contributed by atoms with van der Waals surface area (Å²) in [5, 5.41) is 4.46. The van der Waals surface area contributed by atoms with Gasteiger partial charge in [-0.15, -0.1) is 0 Å². The summed E-state index contributed by atoms with van der Waals surface area (Å²) in [5.41, 5.74) is 1.58. The van der Waals surface area contributed by atoms with E-state index in [-0.39, 0.29) is 5.54 Å². The van der Waals surface area contributed by atoms with Gasteiger partial charge >= 0.3 is 0 Å². The Hall–Kier alpha value is -0.180. The van der Waals surface area contributed by atoms with E-state index in [4.69, 9.17) is 11.6 Å². The molecule has 0 bridgehead atoms. The minimum absolute atomic E-state index is 0.191.